The van der Waals surface area contributed by atoms with Crippen LogP contribution in [0.15, 0.2) is 11.0 Å². The van der Waals surface area contributed by atoms with Crippen LogP contribution in [-0.2, 0) is 11.8 Å². The first-order chi connectivity index (χ1) is 8.18. The van der Waals surface area contributed by atoms with Crippen LogP contribution in [0.5, 0.6) is 0 Å². The van der Waals surface area contributed by atoms with Crippen LogP contribution in [0.3, 0.4) is 0 Å². The van der Waals surface area contributed by atoms with Gasteiger partial charge in [0.05, 0.1) is 24.6 Å². The highest BCUT2D eigenvalue weighted by molar-refractivity contribution is 6.32. The lowest BCUT2D eigenvalue weighted by molar-refractivity contribution is 0.0372. The lowest BCUT2D eigenvalue weighted by atomic mass is 10.3. The average molecular weight is 259 g/mol. The summed E-state index contributed by atoms with van der Waals surface area (Å²) in [5.41, 5.74) is 0.239. The second kappa shape index (κ2) is 5.48. The summed E-state index contributed by atoms with van der Waals surface area (Å²) in [5.74, 6) is 0. The van der Waals surface area contributed by atoms with Crippen molar-refractivity contribution in [3.63, 3.8) is 0 Å². The molecule has 0 amide bonds. The number of morpholine rings is 1. The number of nitrogens with zero attached hydrogens (tertiary/aromatic N) is 2. The fourth-order valence-corrected chi connectivity index (χ4v) is 1.85. The number of hydrogen-bond acceptors (Lipinski definition) is 5. The largest absolute Gasteiger partial charge is 0.380 e. The molecule has 6 nitrogen and oxygen atoms in total. The number of rotatable bonds is 3. The average Bonchev–Trinajstić information content (AvgIpc) is 2.36. The topological polar surface area (TPSA) is 68.2 Å². The molecule has 0 aliphatic carbocycles. The molecule has 1 aliphatic rings. The first kappa shape index (κ1) is 12.3. The summed E-state index contributed by atoms with van der Waals surface area (Å²) in [6.07, 6.45) is 1.63. The third kappa shape index (κ3) is 2.96. The molecule has 0 bridgehead atoms. The minimum absolute atomic E-state index is 0.0869. The monoisotopic (exact) mass is 258 g/mol. The van der Waals surface area contributed by atoms with Gasteiger partial charge in [-0.3, -0.25) is 4.79 Å². The van der Waals surface area contributed by atoms with Gasteiger partial charge in [0.15, 0.2) is 0 Å². The van der Waals surface area contributed by atoms with E-state index < -0.39 is 0 Å². The zero-order valence-electron chi connectivity index (χ0n) is 9.57. The highest BCUT2D eigenvalue weighted by atomic mass is 35.5. The van der Waals surface area contributed by atoms with E-state index in [4.69, 9.17) is 16.3 Å². The van der Waals surface area contributed by atoms with Crippen molar-refractivity contribution >= 4 is 17.3 Å². The van der Waals surface area contributed by atoms with Gasteiger partial charge in [-0.15, -0.1) is 0 Å². The second-order valence-electron chi connectivity index (χ2n) is 3.88. The number of aromatic nitrogens is 2. The van der Waals surface area contributed by atoms with E-state index in [1.54, 1.807) is 13.2 Å². The van der Waals surface area contributed by atoms with Gasteiger partial charge in [0.1, 0.15) is 5.02 Å². The highest BCUT2D eigenvalue weighted by Crippen LogP contribution is 2.15. The Balaban J connectivity index is 1.99. The fourth-order valence-electron chi connectivity index (χ4n) is 1.61. The van der Waals surface area contributed by atoms with E-state index in [2.05, 4.69) is 15.7 Å². The van der Waals surface area contributed by atoms with Gasteiger partial charge in [0.25, 0.3) is 5.56 Å². The molecule has 17 heavy (non-hydrogen) atoms. The van der Waals surface area contributed by atoms with E-state index in [-0.39, 0.29) is 16.7 Å². The lowest BCUT2D eigenvalue weighted by Gasteiger charge is -2.24. The molecule has 1 aliphatic heterocycles. The summed E-state index contributed by atoms with van der Waals surface area (Å²) in [4.78, 5) is 11.5. The van der Waals surface area contributed by atoms with Crippen LogP contribution < -0.4 is 16.2 Å². The Morgan fingerprint density at radius 2 is 2.59 bits per heavy atom. The highest BCUT2D eigenvalue weighted by Gasteiger charge is 2.14. The van der Waals surface area contributed by atoms with Crippen LogP contribution >= 0.6 is 11.6 Å². The van der Waals surface area contributed by atoms with Crippen molar-refractivity contribution in [1.29, 1.82) is 0 Å². The standard InChI is InChI=1S/C10H15ClN4O2/c1-15-10(16)9(11)8(6-14-15)13-5-7-4-12-2-3-17-7/h6-7,12-13H,2-5H2,1H3. The van der Waals surface area contributed by atoms with E-state index in [9.17, 15) is 4.79 Å². The maximum atomic E-state index is 11.5. The number of hydrogen-bond donors (Lipinski definition) is 2. The van der Waals surface area contributed by atoms with E-state index in [1.807, 2.05) is 0 Å². The van der Waals surface area contributed by atoms with Gasteiger partial charge < -0.3 is 15.4 Å². The summed E-state index contributed by atoms with van der Waals surface area (Å²) in [5, 5.41) is 10.4. The molecule has 2 heterocycles. The number of ether oxygens (including phenoxy) is 1. The SMILES string of the molecule is Cn1ncc(NCC2CNCCO2)c(Cl)c1=O. The minimum atomic E-state index is -0.306. The molecule has 1 aromatic rings. The quantitative estimate of drug-likeness (QED) is 0.788. The van der Waals surface area contributed by atoms with Gasteiger partial charge >= 0.3 is 0 Å². The van der Waals surface area contributed by atoms with Crippen LogP contribution in [0.2, 0.25) is 5.02 Å². The minimum Gasteiger partial charge on any atom is -0.380 e. The van der Waals surface area contributed by atoms with Crippen LogP contribution in [-0.4, -0.2) is 42.1 Å². The van der Waals surface area contributed by atoms with Crippen LogP contribution in [0, 0.1) is 0 Å². The number of aryl methyl sites for hydroxylation is 1. The predicted molar refractivity (Wildman–Crippen MR) is 65.6 cm³/mol. The van der Waals surface area contributed by atoms with E-state index in [0.29, 0.717) is 18.8 Å². The van der Waals surface area contributed by atoms with Gasteiger partial charge in [-0.25, -0.2) is 4.68 Å². The predicted octanol–water partition coefficient (Wildman–Crippen LogP) is -0.166. The molecule has 0 aromatic carbocycles. The molecule has 1 fully saturated rings. The van der Waals surface area contributed by atoms with Crippen molar-refractivity contribution in [3.8, 4) is 0 Å². The molecule has 0 saturated carbocycles. The Bertz CT molecular complexity index is 442. The zero-order chi connectivity index (χ0) is 12.3. The van der Waals surface area contributed by atoms with E-state index >= 15 is 0 Å². The molecular weight excluding hydrogens is 244 g/mol. The van der Waals surface area contributed by atoms with Crippen molar-refractivity contribution in [2.24, 2.45) is 7.05 Å². The van der Waals surface area contributed by atoms with Gasteiger partial charge in [0.2, 0.25) is 0 Å². The summed E-state index contributed by atoms with van der Waals surface area (Å²) in [6, 6.07) is 0. The van der Waals surface area contributed by atoms with Crippen molar-refractivity contribution in [2.45, 2.75) is 6.10 Å². The second-order valence-corrected chi connectivity index (χ2v) is 4.26. The normalized spacial score (nSPS) is 20.2. The Hall–Kier alpha value is -1.11. The molecular formula is C10H15ClN4O2. The molecule has 0 spiro atoms. The molecule has 1 unspecified atom stereocenters. The molecule has 7 heteroatoms. The lowest BCUT2D eigenvalue weighted by Crippen LogP contribution is -2.42. The van der Waals surface area contributed by atoms with Gasteiger partial charge in [-0.2, -0.15) is 5.10 Å². The summed E-state index contributed by atoms with van der Waals surface area (Å²) in [7, 11) is 1.56. The molecule has 1 aromatic heterocycles. The summed E-state index contributed by atoms with van der Waals surface area (Å²) >= 11 is 5.92. The number of anilines is 1. The Morgan fingerprint density at radius 1 is 1.76 bits per heavy atom. The van der Waals surface area contributed by atoms with Crippen molar-refractivity contribution in [1.82, 2.24) is 15.1 Å². The maximum absolute atomic E-state index is 11.5. The Morgan fingerprint density at radius 3 is 3.29 bits per heavy atom. The smallest absolute Gasteiger partial charge is 0.287 e. The summed E-state index contributed by atoms with van der Waals surface area (Å²) < 4.78 is 6.72. The Labute approximate surface area is 104 Å². The number of halogens is 1. The molecule has 2 rings (SSSR count). The van der Waals surface area contributed by atoms with Crippen molar-refractivity contribution in [2.75, 3.05) is 31.6 Å². The van der Waals surface area contributed by atoms with Crippen LogP contribution in [0.4, 0.5) is 5.69 Å². The number of nitrogens with one attached hydrogen (secondary N) is 2. The van der Waals surface area contributed by atoms with Crippen molar-refractivity contribution in [3.05, 3.63) is 21.6 Å². The van der Waals surface area contributed by atoms with Crippen LogP contribution in [0.1, 0.15) is 0 Å². The van der Waals surface area contributed by atoms with Crippen molar-refractivity contribution < 1.29 is 4.74 Å². The molecule has 94 valence electrons. The molecule has 1 atom stereocenters. The van der Waals surface area contributed by atoms with Gasteiger partial charge in [0, 0.05) is 26.7 Å². The first-order valence-corrected chi connectivity index (χ1v) is 5.84. The maximum Gasteiger partial charge on any atom is 0.287 e. The molecule has 0 radical (unpaired) electrons. The molecule has 1 saturated heterocycles. The van der Waals surface area contributed by atoms with E-state index in [1.165, 1.54) is 4.68 Å². The zero-order valence-corrected chi connectivity index (χ0v) is 10.3. The third-order valence-corrected chi connectivity index (χ3v) is 2.97. The summed E-state index contributed by atoms with van der Waals surface area (Å²) in [6.45, 7) is 2.98. The molecule has 2 N–H and O–H groups in total. The van der Waals surface area contributed by atoms with E-state index in [0.717, 1.165) is 13.1 Å². The van der Waals surface area contributed by atoms with Gasteiger partial charge in [-0.1, -0.05) is 11.6 Å². The first-order valence-electron chi connectivity index (χ1n) is 5.46. The third-order valence-electron chi connectivity index (χ3n) is 2.60. The fraction of sp³-hybridized carbons (Fsp3) is 0.600. The Kier molecular flexibility index (Phi) is 3.98. The van der Waals surface area contributed by atoms with Crippen LogP contribution in [0.25, 0.3) is 0 Å². The van der Waals surface area contributed by atoms with Gasteiger partial charge in [-0.05, 0) is 0 Å².